The first kappa shape index (κ1) is 24.5. The molecular formula is C31H36ClN5. The molecule has 5 nitrogen and oxygen atoms in total. The van der Waals surface area contributed by atoms with Crippen LogP contribution in [-0.2, 0) is 26.1 Å². The van der Waals surface area contributed by atoms with E-state index in [1.807, 2.05) is 12.1 Å². The monoisotopic (exact) mass is 513 g/mol. The predicted octanol–water partition coefficient (Wildman–Crippen LogP) is 5.66. The molecule has 0 bridgehead atoms. The first-order valence-corrected chi connectivity index (χ1v) is 13.8. The Balaban J connectivity index is 1.45. The van der Waals surface area contributed by atoms with Crippen LogP contribution in [0.25, 0.3) is 10.9 Å². The van der Waals surface area contributed by atoms with E-state index < -0.39 is 0 Å². The number of fused-ring (bicyclic) bond motifs is 2. The molecule has 0 N–H and O–H groups in total. The molecule has 1 fully saturated rings. The zero-order valence-electron chi connectivity index (χ0n) is 22.2. The van der Waals surface area contributed by atoms with Crippen LogP contribution < -0.4 is 4.90 Å². The summed E-state index contributed by atoms with van der Waals surface area (Å²) in [5, 5.41) is 2.11. The number of nitrogens with zero attached hydrogens (tertiary/aromatic N) is 5. The number of benzene rings is 2. The second-order valence-corrected chi connectivity index (χ2v) is 11.2. The fraction of sp³-hybridized carbons (Fsp3) is 0.387. The normalized spacial score (nSPS) is 16.9. The number of pyridine rings is 1. The molecule has 37 heavy (non-hydrogen) atoms. The fourth-order valence-electron chi connectivity index (χ4n) is 5.92. The molecule has 192 valence electrons. The molecule has 0 saturated carbocycles. The zero-order valence-corrected chi connectivity index (χ0v) is 22.9. The van der Waals surface area contributed by atoms with E-state index in [0.29, 0.717) is 0 Å². The standard InChI is InChI=1S/C31H36ClN5/c1-22-23(2)37(19-24-7-6-10-27(32)17-24)30-29(22)18-28(21-35-15-13-34(3)14-16-35)33-31(30)36-12-11-25-8-4-5-9-26(25)20-36/h4-10,17-18H,11-16,19-21H2,1-3H3. The van der Waals surface area contributed by atoms with E-state index in [4.69, 9.17) is 16.6 Å². The molecule has 0 amide bonds. The van der Waals surface area contributed by atoms with Crippen LogP contribution in [0.1, 0.15) is 33.6 Å². The van der Waals surface area contributed by atoms with Gasteiger partial charge in [-0.3, -0.25) is 4.90 Å². The summed E-state index contributed by atoms with van der Waals surface area (Å²) < 4.78 is 2.46. The average molecular weight is 514 g/mol. The Labute approximate surface area is 225 Å². The number of rotatable bonds is 5. The van der Waals surface area contributed by atoms with Crippen molar-refractivity contribution in [2.45, 2.75) is 39.9 Å². The molecule has 6 heteroatoms. The van der Waals surface area contributed by atoms with Gasteiger partial charge in [-0.25, -0.2) is 4.98 Å². The third-order valence-electron chi connectivity index (χ3n) is 8.29. The van der Waals surface area contributed by atoms with Gasteiger partial charge in [0.2, 0.25) is 0 Å². The summed E-state index contributed by atoms with van der Waals surface area (Å²) in [5.41, 5.74) is 9.15. The molecule has 2 aromatic carbocycles. The number of aromatic nitrogens is 2. The van der Waals surface area contributed by atoms with E-state index in [2.05, 4.69) is 82.6 Å². The Kier molecular flexibility index (Phi) is 6.70. The molecular weight excluding hydrogens is 478 g/mol. The quantitative estimate of drug-likeness (QED) is 0.344. The molecule has 6 rings (SSSR count). The van der Waals surface area contributed by atoms with Crippen LogP contribution in [0.2, 0.25) is 5.02 Å². The summed E-state index contributed by atoms with van der Waals surface area (Å²) in [5.74, 6) is 1.12. The number of likely N-dealkylation sites (N-methyl/N-ethyl adjacent to an activating group) is 1. The molecule has 0 unspecified atom stereocenters. The van der Waals surface area contributed by atoms with Gasteiger partial charge in [-0.05, 0) is 67.8 Å². The number of anilines is 1. The predicted molar refractivity (Wildman–Crippen MR) is 154 cm³/mol. The zero-order chi connectivity index (χ0) is 25.5. The van der Waals surface area contributed by atoms with Gasteiger partial charge in [0.05, 0.1) is 11.2 Å². The molecule has 0 radical (unpaired) electrons. The molecule has 2 aromatic heterocycles. The van der Waals surface area contributed by atoms with Crippen LogP contribution >= 0.6 is 11.6 Å². The second kappa shape index (κ2) is 10.1. The van der Waals surface area contributed by atoms with Crippen molar-refractivity contribution in [2.75, 3.05) is 44.7 Å². The van der Waals surface area contributed by atoms with Gasteiger partial charge in [0.15, 0.2) is 5.82 Å². The summed E-state index contributed by atoms with van der Waals surface area (Å²) in [6, 6.07) is 19.4. The van der Waals surface area contributed by atoms with E-state index in [1.165, 1.54) is 44.5 Å². The molecule has 0 atom stereocenters. The van der Waals surface area contributed by atoms with Crippen molar-refractivity contribution < 1.29 is 0 Å². The average Bonchev–Trinajstić information content (AvgIpc) is 3.14. The first-order valence-electron chi connectivity index (χ1n) is 13.4. The maximum Gasteiger partial charge on any atom is 0.153 e. The van der Waals surface area contributed by atoms with Crippen LogP contribution in [0.15, 0.2) is 54.6 Å². The largest absolute Gasteiger partial charge is 0.350 e. The number of halogens is 1. The summed E-state index contributed by atoms with van der Waals surface area (Å²) in [4.78, 5) is 12.9. The molecule has 4 aromatic rings. The summed E-state index contributed by atoms with van der Waals surface area (Å²) in [6.07, 6.45) is 1.05. The highest BCUT2D eigenvalue weighted by atomic mass is 35.5. The fourth-order valence-corrected chi connectivity index (χ4v) is 6.14. The molecule has 2 aliphatic heterocycles. The topological polar surface area (TPSA) is 27.5 Å². The number of hydrogen-bond acceptors (Lipinski definition) is 4. The minimum Gasteiger partial charge on any atom is -0.350 e. The molecule has 0 aliphatic carbocycles. The van der Waals surface area contributed by atoms with Crippen molar-refractivity contribution in [3.05, 3.63) is 93.3 Å². The van der Waals surface area contributed by atoms with E-state index >= 15 is 0 Å². The van der Waals surface area contributed by atoms with E-state index in [9.17, 15) is 0 Å². The third-order valence-corrected chi connectivity index (χ3v) is 8.53. The van der Waals surface area contributed by atoms with Gasteiger partial charge in [0.1, 0.15) is 0 Å². The lowest BCUT2D eigenvalue weighted by Gasteiger charge is -2.33. The van der Waals surface area contributed by atoms with E-state index in [1.54, 1.807) is 0 Å². The van der Waals surface area contributed by atoms with Crippen molar-refractivity contribution in [1.82, 2.24) is 19.4 Å². The molecule has 4 heterocycles. The summed E-state index contributed by atoms with van der Waals surface area (Å²) in [7, 11) is 2.21. The van der Waals surface area contributed by atoms with Crippen LogP contribution in [0.5, 0.6) is 0 Å². The van der Waals surface area contributed by atoms with Crippen LogP contribution in [-0.4, -0.2) is 59.1 Å². The van der Waals surface area contributed by atoms with Gasteiger partial charge in [0.25, 0.3) is 0 Å². The van der Waals surface area contributed by atoms with Gasteiger partial charge in [-0.15, -0.1) is 0 Å². The van der Waals surface area contributed by atoms with Gasteiger partial charge < -0.3 is 14.4 Å². The Morgan fingerprint density at radius 3 is 2.43 bits per heavy atom. The van der Waals surface area contributed by atoms with E-state index in [0.717, 1.165) is 69.6 Å². The Hall–Kier alpha value is -2.86. The number of hydrogen-bond donors (Lipinski definition) is 0. The van der Waals surface area contributed by atoms with Crippen LogP contribution in [0.3, 0.4) is 0 Å². The van der Waals surface area contributed by atoms with Crippen molar-refractivity contribution in [3.63, 3.8) is 0 Å². The lowest BCUT2D eigenvalue weighted by molar-refractivity contribution is 0.147. The smallest absolute Gasteiger partial charge is 0.153 e. The first-order chi connectivity index (χ1) is 18.0. The maximum atomic E-state index is 6.36. The SMILES string of the molecule is Cc1c(C)n(Cc2cccc(Cl)c2)c2c(N3CCc4ccccc4C3)nc(CN3CCN(C)CC3)cc12. The summed E-state index contributed by atoms with van der Waals surface area (Å²) in [6.45, 7) is 12.5. The van der Waals surface area contributed by atoms with Gasteiger partial charge in [-0.1, -0.05) is 48.0 Å². The van der Waals surface area contributed by atoms with Gasteiger partial charge in [0, 0.05) is 68.5 Å². The number of aryl methyl sites for hydroxylation is 1. The minimum absolute atomic E-state index is 0.781. The van der Waals surface area contributed by atoms with Crippen molar-refractivity contribution in [3.8, 4) is 0 Å². The minimum atomic E-state index is 0.781. The van der Waals surface area contributed by atoms with Crippen molar-refractivity contribution in [1.29, 1.82) is 0 Å². The highest BCUT2D eigenvalue weighted by molar-refractivity contribution is 6.30. The summed E-state index contributed by atoms with van der Waals surface area (Å²) >= 11 is 6.36. The highest BCUT2D eigenvalue weighted by Crippen LogP contribution is 2.36. The Morgan fingerprint density at radius 1 is 0.865 bits per heavy atom. The molecule has 0 spiro atoms. The van der Waals surface area contributed by atoms with Crippen LogP contribution in [0, 0.1) is 13.8 Å². The Bertz CT molecular complexity index is 1430. The molecule has 1 saturated heterocycles. The lowest BCUT2D eigenvalue weighted by atomic mass is 10.00. The van der Waals surface area contributed by atoms with Gasteiger partial charge >= 0.3 is 0 Å². The lowest BCUT2D eigenvalue weighted by Crippen LogP contribution is -2.44. The number of piperazine rings is 1. The van der Waals surface area contributed by atoms with Crippen molar-refractivity contribution >= 4 is 28.3 Å². The van der Waals surface area contributed by atoms with Gasteiger partial charge in [-0.2, -0.15) is 0 Å². The highest BCUT2D eigenvalue weighted by Gasteiger charge is 2.25. The second-order valence-electron chi connectivity index (χ2n) is 10.8. The van der Waals surface area contributed by atoms with Crippen LogP contribution in [0.4, 0.5) is 5.82 Å². The Morgan fingerprint density at radius 2 is 1.65 bits per heavy atom. The third kappa shape index (κ3) is 4.88. The van der Waals surface area contributed by atoms with Crippen molar-refractivity contribution in [2.24, 2.45) is 0 Å². The van der Waals surface area contributed by atoms with E-state index in [-0.39, 0.29) is 0 Å². The maximum absolute atomic E-state index is 6.36. The molecule has 2 aliphatic rings.